The van der Waals surface area contributed by atoms with Gasteiger partial charge in [-0.25, -0.2) is 13.1 Å². The van der Waals surface area contributed by atoms with Crippen LogP contribution in [0.25, 0.3) is 0 Å². The predicted molar refractivity (Wildman–Crippen MR) is 107 cm³/mol. The lowest BCUT2D eigenvalue weighted by Gasteiger charge is -2.21. The first-order chi connectivity index (χ1) is 12.9. The van der Waals surface area contributed by atoms with Crippen LogP contribution in [0.15, 0.2) is 23.1 Å². The SMILES string of the molecule is COc1ccc(C(=O)NCCc2n[nH]c(=S)n2C)cc1S(=O)(=O)NC(C)(C)C. The number of nitrogens with zero attached hydrogens (tertiary/aromatic N) is 2. The van der Waals surface area contributed by atoms with Crippen LogP contribution >= 0.6 is 12.2 Å². The van der Waals surface area contributed by atoms with E-state index in [-0.39, 0.29) is 16.2 Å². The van der Waals surface area contributed by atoms with E-state index in [1.54, 1.807) is 32.4 Å². The van der Waals surface area contributed by atoms with Crippen LogP contribution in [0.5, 0.6) is 5.75 Å². The zero-order valence-corrected chi connectivity index (χ0v) is 18.1. The van der Waals surface area contributed by atoms with Gasteiger partial charge in [-0.1, -0.05) is 0 Å². The highest BCUT2D eigenvalue weighted by Crippen LogP contribution is 2.26. The van der Waals surface area contributed by atoms with Crippen molar-refractivity contribution in [1.82, 2.24) is 24.8 Å². The number of carbonyl (C=O) groups is 1. The first kappa shape index (κ1) is 22.1. The van der Waals surface area contributed by atoms with Crippen molar-refractivity contribution in [3.8, 4) is 5.75 Å². The second-order valence-corrected chi connectivity index (χ2v) is 9.27. The normalized spacial score (nSPS) is 12.0. The van der Waals surface area contributed by atoms with E-state index in [1.807, 2.05) is 0 Å². The Balaban J connectivity index is 2.18. The molecule has 3 N–H and O–H groups in total. The number of rotatable bonds is 7. The summed E-state index contributed by atoms with van der Waals surface area (Å²) < 4.78 is 35.3. The van der Waals surface area contributed by atoms with Crippen LogP contribution < -0.4 is 14.8 Å². The van der Waals surface area contributed by atoms with Crippen LogP contribution in [0.2, 0.25) is 0 Å². The van der Waals surface area contributed by atoms with Crippen molar-refractivity contribution in [2.75, 3.05) is 13.7 Å². The van der Waals surface area contributed by atoms with Gasteiger partial charge in [-0.05, 0) is 51.2 Å². The van der Waals surface area contributed by atoms with Crippen LogP contribution in [0.3, 0.4) is 0 Å². The molecule has 154 valence electrons. The summed E-state index contributed by atoms with van der Waals surface area (Å²) in [5.74, 6) is 0.471. The monoisotopic (exact) mass is 427 g/mol. The number of hydrogen-bond acceptors (Lipinski definition) is 6. The molecule has 1 heterocycles. The van der Waals surface area contributed by atoms with Gasteiger partial charge in [0, 0.05) is 31.1 Å². The van der Waals surface area contributed by atoms with Crippen molar-refractivity contribution in [2.24, 2.45) is 7.05 Å². The maximum absolute atomic E-state index is 12.7. The number of sulfonamides is 1. The molecular weight excluding hydrogens is 402 g/mol. The van der Waals surface area contributed by atoms with Gasteiger partial charge in [0.05, 0.1) is 7.11 Å². The highest BCUT2D eigenvalue weighted by Gasteiger charge is 2.26. The fourth-order valence-corrected chi connectivity index (χ4v) is 4.24. The molecule has 0 fully saturated rings. The summed E-state index contributed by atoms with van der Waals surface area (Å²) in [7, 11) is -0.706. The molecule has 0 spiro atoms. The minimum absolute atomic E-state index is 0.0907. The van der Waals surface area contributed by atoms with Gasteiger partial charge in [0.2, 0.25) is 10.0 Å². The second kappa shape index (κ2) is 8.41. The standard InChI is InChI=1S/C17H25N5O4S2/c1-17(2,3)21-28(24,25)13-10-11(6-7-12(13)26-5)15(23)18-9-8-14-19-20-16(27)22(14)4/h6-7,10,21H,8-9H2,1-5H3,(H,18,23)(H,20,27). The number of carbonyl (C=O) groups excluding carboxylic acids is 1. The lowest BCUT2D eigenvalue weighted by Crippen LogP contribution is -2.40. The molecular formula is C17H25N5O4S2. The Morgan fingerprint density at radius 2 is 2.04 bits per heavy atom. The summed E-state index contributed by atoms with van der Waals surface area (Å²) in [6.07, 6.45) is 0.474. The average molecular weight is 428 g/mol. The molecule has 0 saturated heterocycles. The maximum Gasteiger partial charge on any atom is 0.251 e. The molecule has 0 aliphatic heterocycles. The third kappa shape index (κ3) is 5.40. The van der Waals surface area contributed by atoms with E-state index >= 15 is 0 Å². The number of H-pyrrole nitrogens is 1. The number of aromatic amines is 1. The molecule has 0 aliphatic rings. The zero-order valence-electron chi connectivity index (χ0n) is 16.5. The first-order valence-electron chi connectivity index (χ1n) is 8.55. The molecule has 0 atom stereocenters. The van der Waals surface area contributed by atoms with E-state index < -0.39 is 21.5 Å². The van der Waals surface area contributed by atoms with Crippen molar-refractivity contribution >= 4 is 28.1 Å². The molecule has 28 heavy (non-hydrogen) atoms. The third-order valence-corrected chi connectivity index (χ3v) is 5.91. The average Bonchev–Trinajstić information content (AvgIpc) is 2.91. The molecule has 1 aromatic carbocycles. The third-order valence-electron chi connectivity index (χ3n) is 3.76. The zero-order chi connectivity index (χ0) is 21.1. The Morgan fingerprint density at radius 1 is 1.36 bits per heavy atom. The number of methoxy groups -OCH3 is 1. The van der Waals surface area contributed by atoms with E-state index in [0.29, 0.717) is 23.6 Å². The van der Waals surface area contributed by atoms with Crippen LogP contribution in [0.4, 0.5) is 0 Å². The van der Waals surface area contributed by atoms with Gasteiger partial charge in [-0.2, -0.15) is 5.10 Å². The fraction of sp³-hybridized carbons (Fsp3) is 0.471. The van der Waals surface area contributed by atoms with Crippen LogP contribution in [0.1, 0.15) is 37.0 Å². The largest absolute Gasteiger partial charge is 0.495 e. The molecule has 0 aliphatic carbocycles. The van der Waals surface area contributed by atoms with Gasteiger partial charge in [0.25, 0.3) is 5.91 Å². The van der Waals surface area contributed by atoms with Gasteiger partial charge in [0.1, 0.15) is 16.5 Å². The smallest absolute Gasteiger partial charge is 0.251 e. The molecule has 2 rings (SSSR count). The number of nitrogens with one attached hydrogen (secondary N) is 3. The molecule has 9 nitrogen and oxygen atoms in total. The van der Waals surface area contributed by atoms with E-state index in [0.717, 1.165) is 0 Å². The maximum atomic E-state index is 12.7. The lowest BCUT2D eigenvalue weighted by molar-refractivity contribution is 0.0953. The summed E-state index contributed by atoms with van der Waals surface area (Å²) in [4.78, 5) is 12.4. The van der Waals surface area contributed by atoms with Gasteiger partial charge in [-0.3, -0.25) is 9.89 Å². The van der Waals surface area contributed by atoms with E-state index in [1.165, 1.54) is 25.3 Å². The first-order valence-corrected chi connectivity index (χ1v) is 10.4. The number of amides is 1. The summed E-state index contributed by atoms with van der Waals surface area (Å²) in [6.45, 7) is 5.52. The highest BCUT2D eigenvalue weighted by molar-refractivity contribution is 7.89. The predicted octanol–water partition coefficient (Wildman–Crippen LogP) is 1.54. The second-order valence-electron chi connectivity index (χ2n) is 7.23. The Hall–Kier alpha value is -2.24. The fourth-order valence-electron chi connectivity index (χ4n) is 2.48. The van der Waals surface area contributed by atoms with Crippen molar-refractivity contribution < 1.29 is 17.9 Å². The van der Waals surface area contributed by atoms with Crippen molar-refractivity contribution in [1.29, 1.82) is 0 Å². The van der Waals surface area contributed by atoms with Gasteiger partial charge in [0.15, 0.2) is 4.77 Å². The van der Waals surface area contributed by atoms with Gasteiger partial charge >= 0.3 is 0 Å². The van der Waals surface area contributed by atoms with Crippen molar-refractivity contribution in [3.05, 3.63) is 34.4 Å². The molecule has 1 aromatic heterocycles. The Kier molecular flexibility index (Phi) is 6.63. The van der Waals surface area contributed by atoms with Crippen molar-refractivity contribution in [2.45, 2.75) is 37.6 Å². The van der Waals surface area contributed by atoms with Crippen LogP contribution in [-0.4, -0.2) is 48.3 Å². The van der Waals surface area contributed by atoms with E-state index in [9.17, 15) is 13.2 Å². The number of aromatic nitrogens is 3. The molecule has 0 saturated carbocycles. The Morgan fingerprint density at radius 3 is 2.57 bits per heavy atom. The summed E-state index contributed by atoms with van der Waals surface area (Å²) in [5.41, 5.74) is -0.462. The summed E-state index contributed by atoms with van der Waals surface area (Å²) in [5, 5.41) is 9.51. The molecule has 0 bridgehead atoms. The molecule has 2 aromatic rings. The van der Waals surface area contributed by atoms with Gasteiger partial charge < -0.3 is 14.6 Å². The molecule has 11 heteroatoms. The minimum atomic E-state index is -3.87. The Labute approximate surface area is 169 Å². The van der Waals surface area contributed by atoms with Gasteiger partial charge in [-0.15, -0.1) is 0 Å². The van der Waals surface area contributed by atoms with E-state index in [2.05, 4.69) is 20.2 Å². The number of benzene rings is 1. The van der Waals surface area contributed by atoms with E-state index in [4.69, 9.17) is 17.0 Å². The number of ether oxygens (including phenoxy) is 1. The summed E-state index contributed by atoms with van der Waals surface area (Å²) in [6, 6.07) is 4.28. The topological polar surface area (TPSA) is 118 Å². The van der Waals surface area contributed by atoms with Crippen molar-refractivity contribution in [3.63, 3.8) is 0 Å². The molecule has 0 unspecified atom stereocenters. The number of hydrogen-bond donors (Lipinski definition) is 3. The molecule has 0 radical (unpaired) electrons. The Bertz CT molecular complexity index is 1020. The highest BCUT2D eigenvalue weighted by atomic mass is 32.2. The minimum Gasteiger partial charge on any atom is -0.495 e. The van der Waals surface area contributed by atoms with Crippen LogP contribution in [-0.2, 0) is 23.5 Å². The quantitative estimate of drug-likeness (QED) is 0.577. The summed E-state index contributed by atoms with van der Waals surface area (Å²) >= 11 is 5.05. The lowest BCUT2D eigenvalue weighted by atomic mass is 10.1. The van der Waals surface area contributed by atoms with Crippen LogP contribution in [0, 0.1) is 4.77 Å². The molecule has 1 amide bonds.